The summed E-state index contributed by atoms with van der Waals surface area (Å²) in [7, 11) is 0. The lowest BCUT2D eigenvalue weighted by Crippen LogP contribution is -2.45. The van der Waals surface area contributed by atoms with Crippen molar-refractivity contribution in [3.8, 4) is 0 Å². The summed E-state index contributed by atoms with van der Waals surface area (Å²) in [5, 5.41) is 11.1. The maximum Gasteiger partial charge on any atom is 0.315 e. The quantitative estimate of drug-likeness (QED) is 0.492. The first-order chi connectivity index (χ1) is 8.49. The van der Waals surface area contributed by atoms with E-state index in [1.54, 1.807) is 18.2 Å². The molecule has 2 N–H and O–H groups in total. The summed E-state index contributed by atoms with van der Waals surface area (Å²) in [6.07, 6.45) is 0.101. The standard InChI is InChI=1S/C12H17N3O3/c1-8-6-14(7-9(2)18-8)11-5-3-4-10(13)12(11)15(16)17/h3-5,8-9H,6-7,13H2,1-2H3. The number of nitro benzene ring substituents is 1. The van der Waals surface area contributed by atoms with Gasteiger partial charge in [0.1, 0.15) is 11.4 Å². The van der Waals surface area contributed by atoms with E-state index in [9.17, 15) is 10.1 Å². The molecule has 0 aliphatic carbocycles. The van der Waals surface area contributed by atoms with E-state index >= 15 is 0 Å². The molecule has 98 valence electrons. The molecule has 6 heteroatoms. The van der Waals surface area contributed by atoms with Crippen LogP contribution < -0.4 is 10.6 Å². The molecule has 1 saturated heterocycles. The highest BCUT2D eigenvalue weighted by Gasteiger charge is 2.28. The van der Waals surface area contributed by atoms with E-state index in [2.05, 4.69) is 0 Å². The summed E-state index contributed by atoms with van der Waals surface area (Å²) < 4.78 is 5.63. The Labute approximate surface area is 105 Å². The van der Waals surface area contributed by atoms with Gasteiger partial charge in [0.2, 0.25) is 0 Å². The maximum atomic E-state index is 11.1. The molecule has 0 saturated carbocycles. The number of nitrogens with zero attached hydrogens (tertiary/aromatic N) is 2. The van der Waals surface area contributed by atoms with Crippen molar-refractivity contribution in [1.82, 2.24) is 0 Å². The first kappa shape index (κ1) is 12.6. The maximum absolute atomic E-state index is 11.1. The van der Waals surface area contributed by atoms with E-state index < -0.39 is 4.92 Å². The van der Waals surface area contributed by atoms with Crippen molar-refractivity contribution in [2.75, 3.05) is 23.7 Å². The fraction of sp³-hybridized carbons (Fsp3) is 0.500. The van der Waals surface area contributed by atoms with Crippen LogP contribution in [0.3, 0.4) is 0 Å². The van der Waals surface area contributed by atoms with Gasteiger partial charge in [0.25, 0.3) is 0 Å². The Kier molecular flexibility index (Phi) is 3.38. The fourth-order valence-electron chi connectivity index (χ4n) is 2.38. The molecule has 2 rings (SSSR count). The number of rotatable bonds is 2. The molecule has 18 heavy (non-hydrogen) atoms. The van der Waals surface area contributed by atoms with Gasteiger partial charge in [-0.3, -0.25) is 10.1 Å². The SMILES string of the molecule is CC1CN(c2cccc(N)c2[N+](=O)[O-])CC(C)O1. The fourth-order valence-corrected chi connectivity index (χ4v) is 2.38. The first-order valence-corrected chi connectivity index (χ1v) is 5.92. The Morgan fingerprint density at radius 1 is 1.39 bits per heavy atom. The van der Waals surface area contributed by atoms with Crippen LogP contribution in [0.15, 0.2) is 18.2 Å². The molecule has 0 aromatic heterocycles. The number of benzene rings is 1. The van der Waals surface area contributed by atoms with Crippen molar-refractivity contribution in [2.24, 2.45) is 0 Å². The molecule has 2 atom stereocenters. The van der Waals surface area contributed by atoms with Crippen LogP contribution in [-0.4, -0.2) is 30.2 Å². The molecule has 1 fully saturated rings. The van der Waals surface area contributed by atoms with Crippen LogP contribution in [0.4, 0.5) is 17.1 Å². The zero-order valence-electron chi connectivity index (χ0n) is 10.5. The number of anilines is 2. The smallest absolute Gasteiger partial charge is 0.315 e. The van der Waals surface area contributed by atoms with Gasteiger partial charge in [0.15, 0.2) is 0 Å². The summed E-state index contributed by atoms with van der Waals surface area (Å²) in [6, 6.07) is 5.02. The van der Waals surface area contributed by atoms with E-state index in [0.29, 0.717) is 18.8 Å². The Hall–Kier alpha value is -1.82. The zero-order chi connectivity index (χ0) is 13.3. The molecule has 1 aromatic rings. The molecule has 1 heterocycles. The highest BCUT2D eigenvalue weighted by Crippen LogP contribution is 2.34. The monoisotopic (exact) mass is 251 g/mol. The van der Waals surface area contributed by atoms with Crippen LogP contribution >= 0.6 is 0 Å². The number of para-hydroxylation sites is 1. The van der Waals surface area contributed by atoms with Gasteiger partial charge in [0.05, 0.1) is 17.1 Å². The third-order valence-electron chi connectivity index (χ3n) is 2.99. The van der Waals surface area contributed by atoms with E-state index in [0.717, 1.165) is 0 Å². The number of ether oxygens (including phenoxy) is 1. The van der Waals surface area contributed by atoms with Crippen LogP contribution in [0, 0.1) is 10.1 Å². The third kappa shape index (κ3) is 2.38. The molecule has 0 spiro atoms. The number of hydrogen-bond donors (Lipinski definition) is 1. The number of hydrogen-bond acceptors (Lipinski definition) is 5. The first-order valence-electron chi connectivity index (χ1n) is 5.92. The molecular weight excluding hydrogens is 234 g/mol. The second-order valence-electron chi connectivity index (χ2n) is 4.63. The van der Waals surface area contributed by atoms with Crippen LogP contribution in [0.1, 0.15) is 13.8 Å². The van der Waals surface area contributed by atoms with E-state index in [-0.39, 0.29) is 23.6 Å². The van der Waals surface area contributed by atoms with E-state index in [1.807, 2.05) is 18.7 Å². The minimum absolute atomic E-state index is 0.0150. The van der Waals surface area contributed by atoms with Gasteiger partial charge < -0.3 is 15.4 Å². The molecule has 0 bridgehead atoms. The number of nitrogen functional groups attached to an aromatic ring is 1. The molecule has 1 aliphatic rings. The lowest BCUT2D eigenvalue weighted by atomic mass is 10.1. The zero-order valence-corrected chi connectivity index (χ0v) is 10.5. The second-order valence-corrected chi connectivity index (χ2v) is 4.63. The second kappa shape index (κ2) is 4.81. The van der Waals surface area contributed by atoms with E-state index in [1.165, 1.54) is 0 Å². The summed E-state index contributed by atoms with van der Waals surface area (Å²) in [5.74, 6) is 0. The largest absolute Gasteiger partial charge is 0.393 e. The normalized spacial score (nSPS) is 24.0. The van der Waals surface area contributed by atoms with E-state index in [4.69, 9.17) is 10.5 Å². The van der Waals surface area contributed by atoms with Gasteiger partial charge in [-0.25, -0.2) is 0 Å². The van der Waals surface area contributed by atoms with Crippen LogP contribution in [-0.2, 0) is 4.74 Å². The van der Waals surface area contributed by atoms with Gasteiger partial charge >= 0.3 is 5.69 Å². The van der Waals surface area contributed by atoms with Gasteiger partial charge in [-0.1, -0.05) is 6.07 Å². The summed E-state index contributed by atoms with van der Waals surface area (Å²) >= 11 is 0. The van der Waals surface area contributed by atoms with Crippen molar-refractivity contribution in [3.63, 3.8) is 0 Å². The Morgan fingerprint density at radius 2 is 2.00 bits per heavy atom. The molecule has 6 nitrogen and oxygen atoms in total. The summed E-state index contributed by atoms with van der Waals surface area (Å²) in [4.78, 5) is 12.7. The number of morpholine rings is 1. The van der Waals surface area contributed by atoms with Gasteiger partial charge in [0, 0.05) is 13.1 Å². The lowest BCUT2D eigenvalue weighted by molar-refractivity contribution is -0.383. The average molecular weight is 251 g/mol. The average Bonchev–Trinajstić information content (AvgIpc) is 2.26. The molecule has 1 aromatic carbocycles. The van der Waals surface area contributed by atoms with Crippen molar-refractivity contribution in [2.45, 2.75) is 26.1 Å². The minimum atomic E-state index is -0.421. The Balaban J connectivity index is 2.38. The Bertz CT molecular complexity index is 454. The minimum Gasteiger partial charge on any atom is -0.393 e. The Morgan fingerprint density at radius 3 is 2.56 bits per heavy atom. The van der Waals surface area contributed by atoms with Crippen LogP contribution in [0.2, 0.25) is 0 Å². The molecular formula is C12H17N3O3. The summed E-state index contributed by atoms with van der Waals surface area (Å²) in [6.45, 7) is 5.19. The van der Waals surface area contributed by atoms with Gasteiger partial charge in [-0.15, -0.1) is 0 Å². The number of nitrogens with two attached hydrogens (primary N) is 1. The molecule has 1 aliphatic heterocycles. The molecule has 0 radical (unpaired) electrons. The highest BCUT2D eigenvalue weighted by atomic mass is 16.6. The third-order valence-corrected chi connectivity index (χ3v) is 2.99. The topological polar surface area (TPSA) is 81.6 Å². The van der Waals surface area contributed by atoms with Crippen molar-refractivity contribution < 1.29 is 9.66 Å². The van der Waals surface area contributed by atoms with Gasteiger partial charge in [-0.2, -0.15) is 0 Å². The lowest BCUT2D eigenvalue weighted by Gasteiger charge is -2.36. The predicted octanol–water partition coefficient (Wildman–Crippen LogP) is 1.79. The van der Waals surface area contributed by atoms with Gasteiger partial charge in [-0.05, 0) is 26.0 Å². The molecule has 2 unspecified atom stereocenters. The van der Waals surface area contributed by atoms with Crippen molar-refractivity contribution >= 4 is 17.1 Å². The van der Waals surface area contributed by atoms with Crippen LogP contribution in [0.5, 0.6) is 0 Å². The predicted molar refractivity (Wildman–Crippen MR) is 69.7 cm³/mol. The van der Waals surface area contributed by atoms with Crippen molar-refractivity contribution in [3.05, 3.63) is 28.3 Å². The highest BCUT2D eigenvalue weighted by molar-refractivity contribution is 5.75. The van der Waals surface area contributed by atoms with Crippen molar-refractivity contribution in [1.29, 1.82) is 0 Å². The summed E-state index contributed by atoms with van der Waals surface area (Å²) in [5.41, 5.74) is 6.45. The number of nitro groups is 1. The van der Waals surface area contributed by atoms with Crippen LogP contribution in [0.25, 0.3) is 0 Å². The molecule has 0 amide bonds.